The summed E-state index contributed by atoms with van der Waals surface area (Å²) in [4.78, 5) is 37.8. The molecule has 2 amide bonds. The standard InChI is InChI=1S/C14H13ClN2O4S2/c15-5-7-6-23-13-10(12(19)17(13)11(7)14(20)21)16-9(18)4-8-2-1-3-22-8/h1-3,10,13H,4-6H2,(H,16,18)(H,20,21)/t10-,13+/m1/s1. The van der Waals surface area contributed by atoms with E-state index >= 15 is 0 Å². The van der Waals surface area contributed by atoms with Crippen LogP contribution in [0.3, 0.4) is 0 Å². The molecule has 23 heavy (non-hydrogen) atoms. The van der Waals surface area contributed by atoms with Gasteiger partial charge in [-0.2, -0.15) is 0 Å². The number of carboxylic acid groups (broad SMARTS) is 1. The Balaban J connectivity index is 1.69. The molecule has 122 valence electrons. The first kappa shape index (κ1) is 16.4. The third kappa shape index (κ3) is 2.98. The molecule has 0 unspecified atom stereocenters. The second kappa shape index (κ2) is 6.54. The monoisotopic (exact) mass is 372 g/mol. The average Bonchev–Trinajstić information content (AvgIpc) is 3.03. The van der Waals surface area contributed by atoms with E-state index < -0.39 is 17.9 Å². The van der Waals surface area contributed by atoms with Crippen molar-refractivity contribution in [2.45, 2.75) is 17.8 Å². The summed E-state index contributed by atoms with van der Waals surface area (Å²) >= 11 is 8.65. The number of alkyl halides is 1. The third-order valence-electron chi connectivity index (χ3n) is 3.64. The molecule has 1 fully saturated rings. The Morgan fingerprint density at radius 3 is 2.87 bits per heavy atom. The lowest BCUT2D eigenvalue weighted by Gasteiger charge is -2.49. The van der Waals surface area contributed by atoms with Gasteiger partial charge in [-0.05, 0) is 17.0 Å². The molecule has 6 nitrogen and oxygen atoms in total. The molecule has 2 atom stereocenters. The zero-order valence-electron chi connectivity index (χ0n) is 11.8. The number of carboxylic acids is 1. The van der Waals surface area contributed by atoms with Crippen molar-refractivity contribution in [2.24, 2.45) is 0 Å². The smallest absolute Gasteiger partial charge is 0.352 e. The van der Waals surface area contributed by atoms with Crippen molar-refractivity contribution in [3.05, 3.63) is 33.7 Å². The van der Waals surface area contributed by atoms with Gasteiger partial charge in [-0.3, -0.25) is 14.5 Å². The summed E-state index contributed by atoms with van der Waals surface area (Å²) in [5, 5.41) is 13.5. The van der Waals surface area contributed by atoms with Crippen LogP contribution in [0.15, 0.2) is 28.8 Å². The number of fused-ring (bicyclic) bond motifs is 1. The van der Waals surface area contributed by atoms with Crippen molar-refractivity contribution in [1.82, 2.24) is 10.2 Å². The fourth-order valence-electron chi connectivity index (χ4n) is 2.58. The number of carbonyl (C=O) groups is 3. The molecule has 9 heteroatoms. The molecular weight excluding hydrogens is 360 g/mol. The maximum atomic E-state index is 12.3. The summed E-state index contributed by atoms with van der Waals surface area (Å²) in [7, 11) is 0. The van der Waals surface area contributed by atoms with Crippen molar-refractivity contribution in [3.63, 3.8) is 0 Å². The van der Waals surface area contributed by atoms with Crippen LogP contribution in [-0.2, 0) is 20.8 Å². The number of hydrogen-bond donors (Lipinski definition) is 2. The van der Waals surface area contributed by atoms with Gasteiger partial charge >= 0.3 is 5.97 Å². The lowest BCUT2D eigenvalue weighted by atomic mass is 10.0. The zero-order valence-corrected chi connectivity index (χ0v) is 14.2. The molecule has 0 radical (unpaired) electrons. The molecule has 0 aliphatic carbocycles. The first-order valence-electron chi connectivity index (χ1n) is 6.80. The van der Waals surface area contributed by atoms with Gasteiger partial charge < -0.3 is 10.4 Å². The highest BCUT2D eigenvalue weighted by Crippen LogP contribution is 2.40. The van der Waals surface area contributed by atoms with Gasteiger partial charge in [0.15, 0.2) is 0 Å². The van der Waals surface area contributed by atoms with Gasteiger partial charge in [-0.1, -0.05) is 6.07 Å². The number of nitrogens with one attached hydrogen (secondary N) is 1. The Morgan fingerprint density at radius 1 is 1.48 bits per heavy atom. The molecule has 3 rings (SSSR count). The zero-order chi connectivity index (χ0) is 16.6. The Bertz CT molecular complexity index is 689. The summed E-state index contributed by atoms with van der Waals surface area (Å²) in [6, 6.07) is 3.03. The molecule has 3 heterocycles. The molecule has 0 saturated carbocycles. The number of aliphatic carboxylic acids is 1. The predicted octanol–water partition coefficient (Wildman–Crippen LogP) is 1.27. The third-order valence-corrected chi connectivity index (χ3v) is 6.18. The van der Waals surface area contributed by atoms with Crippen LogP contribution in [0.5, 0.6) is 0 Å². The van der Waals surface area contributed by atoms with E-state index in [0.717, 1.165) is 4.88 Å². The largest absolute Gasteiger partial charge is 0.477 e. The fourth-order valence-corrected chi connectivity index (χ4v) is 4.96. The molecule has 2 aliphatic heterocycles. The summed E-state index contributed by atoms with van der Waals surface area (Å²) in [5.41, 5.74) is 0.481. The number of β-lactam (4-membered cyclic amide) rings is 1. The highest BCUT2D eigenvalue weighted by atomic mass is 35.5. The molecule has 0 aromatic carbocycles. The van der Waals surface area contributed by atoms with Crippen molar-refractivity contribution < 1.29 is 19.5 Å². The first-order chi connectivity index (χ1) is 11.0. The second-order valence-electron chi connectivity index (χ2n) is 5.10. The Labute approximate surface area is 145 Å². The van der Waals surface area contributed by atoms with E-state index in [-0.39, 0.29) is 29.3 Å². The highest BCUT2D eigenvalue weighted by Gasteiger charge is 2.53. The Kier molecular flexibility index (Phi) is 4.65. The maximum absolute atomic E-state index is 12.3. The van der Waals surface area contributed by atoms with E-state index in [0.29, 0.717) is 11.3 Å². The number of amides is 2. The summed E-state index contributed by atoms with van der Waals surface area (Å²) in [6.07, 6.45) is 0.216. The molecule has 2 aliphatic rings. The lowest BCUT2D eigenvalue weighted by Crippen LogP contribution is -2.70. The van der Waals surface area contributed by atoms with E-state index in [4.69, 9.17) is 11.6 Å². The quantitative estimate of drug-likeness (QED) is 0.600. The van der Waals surface area contributed by atoms with E-state index in [1.54, 1.807) is 0 Å². The minimum absolute atomic E-state index is 0.0440. The topological polar surface area (TPSA) is 86.7 Å². The number of thiophene rings is 1. The first-order valence-corrected chi connectivity index (χ1v) is 9.27. The normalized spacial score (nSPS) is 23.3. The van der Waals surface area contributed by atoms with E-state index in [1.807, 2.05) is 17.5 Å². The van der Waals surface area contributed by atoms with Gasteiger partial charge in [0.2, 0.25) is 5.91 Å². The van der Waals surface area contributed by atoms with Crippen LogP contribution < -0.4 is 5.32 Å². The molecule has 1 saturated heterocycles. The lowest BCUT2D eigenvalue weighted by molar-refractivity contribution is -0.150. The molecule has 0 spiro atoms. The van der Waals surface area contributed by atoms with Crippen molar-refractivity contribution >= 4 is 52.5 Å². The van der Waals surface area contributed by atoms with Gasteiger partial charge in [0.05, 0.1) is 6.42 Å². The molecular formula is C14H13ClN2O4S2. The van der Waals surface area contributed by atoms with Gasteiger partial charge in [0.1, 0.15) is 17.1 Å². The van der Waals surface area contributed by atoms with Gasteiger partial charge in [-0.25, -0.2) is 4.79 Å². The minimum Gasteiger partial charge on any atom is -0.477 e. The SMILES string of the molecule is O=C(Cc1cccs1)N[C@@H]1C(=O)N2C(C(=O)O)=C(CCl)CS[C@@H]12. The number of hydrogen-bond acceptors (Lipinski definition) is 5. The summed E-state index contributed by atoms with van der Waals surface area (Å²) < 4.78 is 0. The number of thioether (sulfide) groups is 1. The highest BCUT2D eigenvalue weighted by molar-refractivity contribution is 8.00. The number of nitrogens with zero attached hydrogens (tertiary/aromatic N) is 1. The van der Waals surface area contributed by atoms with Gasteiger partial charge in [0, 0.05) is 16.5 Å². The fraction of sp³-hybridized carbons (Fsp3) is 0.357. The Hall–Kier alpha value is -1.51. The Morgan fingerprint density at radius 2 is 2.26 bits per heavy atom. The van der Waals surface area contributed by atoms with Crippen molar-refractivity contribution in [2.75, 3.05) is 11.6 Å². The van der Waals surface area contributed by atoms with Crippen LogP contribution >= 0.6 is 34.7 Å². The van der Waals surface area contributed by atoms with E-state index in [1.165, 1.54) is 28.0 Å². The van der Waals surface area contributed by atoms with Crippen molar-refractivity contribution in [1.29, 1.82) is 0 Å². The average molecular weight is 373 g/mol. The molecule has 0 bridgehead atoms. The van der Waals surface area contributed by atoms with E-state index in [9.17, 15) is 19.5 Å². The molecule has 2 N–H and O–H groups in total. The van der Waals surface area contributed by atoms with Crippen LogP contribution in [0.25, 0.3) is 0 Å². The second-order valence-corrected chi connectivity index (χ2v) is 7.51. The van der Waals surface area contributed by atoms with Crippen LogP contribution in [0.2, 0.25) is 0 Å². The summed E-state index contributed by atoms with van der Waals surface area (Å²) in [5.74, 6) is -1.29. The van der Waals surface area contributed by atoms with Crippen LogP contribution in [0.4, 0.5) is 0 Å². The van der Waals surface area contributed by atoms with Crippen LogP contribution in [0, 0.1) is 0 Å². The minimum atomic E-state index is -1.16. The number of halogens is 1. The van der Waals surface area contributed by atoms with Crippen molar-refractivity contribution in [3.8, 4) is 0 Å². The predicted molar refractivity (Wildman–Crippen MR) is 88.4 cm³/mol. The maximum Gasteiger partial charge on any atom is 0.352 e. The van der Waals surface area contributed by atoms with Gasteiger partial charge in [0.25, 0.3) is 5.91 Å². The summed E-state index contributed by atoms with van der Waals surface area (Å²) in [6.45, 7) is 0. The number of rotatable bonds is 5. The van der Waals surface area contributed by atoms with Crippen LogP contribution in [0.1, 0.15) is 4.88 Å². The molecule has 1 aromatic rings. The van der Waals surface area contributed by atoms with Gasteiger partial charge in [-0.15, -0.1) is 34.7 Å². The van der Waals surface area contributed by atoms with Crippen LogP contribution in [-0.4, -0.2) is 50.8 Å². The molecule has 1 aromatic heterocycles. The van der Waals surface area contributed by atoms with E-state index in [2.05, 4.69) is 5.32 Å². The number of carbonyl (C=O) groups excluding carboxylic acids is 2.